The summed E-state index contributed by atoms with van der Waals surface area (Å²) in [5.41, 5.74) is 7.13. The highest BCUT2D eigenvalue weighted by molar-refractivity contribution is 6.31. The van der Waals surface area contributed by atoms with Gasteiger partial charge in [0, 0.05) is 30.8 Å². The third-order valence-electron chi connectivity index (χ3n) is 5.19. The molecule has 0 aliphatic rings. The van der Waals surface area contributed by atoms with E-state index < -0.39 is 0 Å². The summed E-state index contributed by atoms with van der Waals surface area (Å²) < 4.78 is 3.62. The normalized spacial score (nSPS) is 10.9. The van der Waals surface area contributed by atoms with E-state index in [0.717, 1.165) is 39.6 Å². The number of hydrogen-bond donors (Lipinski definition) is 0. The van der Waals surface area contributed by atoms with Gasteiger partial charge in [-0.1, -0.05) is 23.7 Å². The summed E-state index contributed by atoms with van der Waals surface area (Å²) in [4.78, 5) is 8.81. The quantitative estimate of drug-likeness (QED) is 0.499. The van der Waals surface area contributed by atoms with Crippen molar-refractivity contribution >= 4 is 11.6 Å². The molecule has 7 nitrogen and oxygen atoms in total. The zero-order chi connectivity index (χ0) is 21.4. The standard InChI is InChI=1S/C22H20ClN7/c1-13-19(29(4)28-22(13)17-7-5-16(11-24)6-8-17)9-18-10-20(26-12-25-18)30-15(3)21(23)14(2)27-30/h5-8,10,12H,9H2,1-4H3. The summed E-state index contributed by atoms with van der Waals surface area (Å²) in [6.07, 6.45) is 2.15. The molecular weight excluding hydrogens is 398 g/mol. The fraction of sp³-hybridized carbons (Fsp3) is 0.227. The first-order valence-corrected chi connectivity index (χ1v) is 9.83. The van der Waals surface area contributed by atoms with Crippen LogP contribution in [0, 0.1) is 32.1 Å². The Morgan fingerprint density at radius 2 is 1.80 bits per heavy atom. The number of hydrogen-bond acceptors (Lipinski definition) is 5. The Bertz CT molecular complexity index is 1280. The van der Waals surface area contributed by atoms with Gasteiger partial charge in [-0.25, -0.2) is 14.6 Å². The molecule has 0 fully saturated rings. The lowest BCUT2D eigenvalue weighted by molar-refractivity contribution is 0.718. The maximum atomic E-state index is 9.01. The van der Waals surface area contributed by atoms with Crippen LogP contribution in [-0.2, 0) is 13.5 Å². The van der Waals surface area contributed by atoms with Gasteiger partial charge in [0.1, 0.15) is 6.33 Å². The average Bonchev–Trinajstić information content (AvgIpc) is 3.18. The Hall–Kier alpha value is -3.50. The van der Waals surface area contributed by atoms with Crippen LogP contribution in [0.5, 0.6) is 0 Å². The van der Waals surface area contributed by atoms with Crippen molar-refractivity contribution in [2.75, 3.05) is 0 Å². The van der Waals surface area contributed by atoms with Crippen LogP contribution in [0.2, 0.25) is 5.02 Å². The molecule has 0 aliphatic carbocycles. The molecule has 150 valence electrons. The molecule has 0 saturated carbocycles. The van der Waals surface area contributed by atoms with Crippen LogP contribution in [0.25, 0.3) is 17.1 Å². The third kappa shape index (κ3) is 3.46. The van der Waals surface area contributed by atoms with Crippen molar-refractivity contribution in [3.8, 4) is 23.1 Å². The maximum Gasteiger partial charge on any atom is 0.157 e. The molecule has 0 spiro atoms. The Kier molecular flexibility index (Phi) is 5.10. The van der Waals surface area contributed by atoms with E-state index in [1.165, 1.54) is 0 Å². The molecule has 0 unspecified atom stereocenters. The summed E-state index contributed by atoms with van der Waals surface area (Å²) in [6.45, 7) is 5.84. The highest BCUT2D eigenvalue weighted by Gasteiger charge is 2.17. The van der Waals surface area contributed by atoms with Crippen molar-refractivity contribution in [1.29, 1.82) is 5.26 Å². The number of nitrogens with zero attached hydrogens (tertiary/aromatic N) is 7. The van der Waals surface area contributed by atoms with Crippen LogP contribution in [-0.4, -0.2) is 29.5 Å². The predicted molar refractivity (Wildman–Crippen MR) is 115 cm³/mol. The third-order valence-corrected chi connectivity index (χ3v) is 5.74. The van der Waals surface area contributed by atoms with Crippen molar-refractivity contribution in [2.45, 2.75) is 27.2 Å². The van der Waals surface area contributed by atoms with Crippen molar-refractivity contribution in [3.05, 3.63) is 75.6 Å². The van der Waals surface area contributed by atoms with Gasteiger partial charge < -0.3 is 0 Å². The molecular formula is C22H20ClN7. The molecule has 4 rings (SSSR count). The molecule has 0 aliphatic heterocycles. The van der Waals surface area contributed by atoms with E-state index in [0.29, 0.717) is 22.8 Å². The summed E-state index contributed by atoms with van der Waals surface area (Å²) in [6, 6.07) is 11.5. The van der Waals surface area contributed by atoms with Crippen molar-refractivity contribution in [3.63, 3.8) is 0 Å². The van der Waals surface area contributed by atoms with Crippen LogP contribution in [0.15, 0.2) is 36.7 Å². The summed E-state index contributed by atoms with van der Waals surface area (Å²) in [5.74, 6) is 0.680. The molecule has 0 N–H and O–H groups in total. The van der Waals surface area contributed by atoms with Gasteiger partial charge in [-0.2, -0.15) is 15.5 Å². The average molecular weight is 418 g/mol. The van der Waals surface area contributed by atoms with Gasteiger partial charge in [-0.3, -0.25) is 4.68 Å². The molecule has 0 atom stereocenters. The van der Waals surface area contributed by atoms with Gasteiger partial charge in [-0.05, 0) is 38.5 Å². The monoisotopic (exact) mass is 417 g/mol. The van der Waals surface area contributed by atoms with Gasteiger partial charge in [0.15, 0.2) is 5.82 Å². The number of nitriles is 1. The number of benzene rings is 1. The van der Waals surface area contributed by atoms with E-state index >= 15 is 0 Å². The van der Waals surface area contributed by atoms with Crippen LogP contribution >= 0.6 is 11.6 Å². The van der Waals surface area contributed by atoms with Crippen LogP contribution in [0.4, 0.5) is 0 Å². The minimum Gasteiger partial charge on any atom is -0.271 e. The molecule has 0 saturated heterocycles. The van der Waals surface area contributed by atoms with Crippen LogP contribution in [0.3, 0.4) is 0 Å². The second-order valence-corrected chi connectivity index (χ2v) is 7.55. The van der Waals surface area contributed by atoms with E-state index in [1.807, 2.05) is 43.8 Å². The lowest BCUT2D eigenvalue weighted by atomic mass is 10.0. The van der Waals surface area contributed by atoms with E-state index in [4.69, 9.17) is 22.0 Å². The molecule has 8 heteroatoms. The predicted octanol–water partition coefficient (Wildman–Crippen LogP) is 4.10. The van der Waals surface area contributed by atoms with Crippen molar-refractivity contribution in [2.24, 2.45) is 7.05 Å². The molecule has 3 heterocycles. The number of halogens is 1. The Labute approximate surface area is 179 Å². The van der Waals surface area contributed by atoms with E-state index in [9.17, 15) is 0 Å². The molecule has 1 aromatic carbocycles. The van der Waals surface area contributed by atoms with Gasteiger partial charge in [0.2, 0.25) is 0 Å². The molecule has 30 heavy (non-hydrogen) atoms. The van der Waals surface area contributed by atoms with E-state index in [-0.39, 0.29) is 0 Å². The molecule has 0 bridgehead atoms. The van der Waals surface area contributed by atoms with E-state index in [1.54, 1.807) is 23.1 Å². The van der Waals surface area contributed by atoms with Gasteiger partial charge in [0.25, 0.3) is 0 Å². The lowest BCUT2D eigenvalue weighted by Crippen LogP contribution is -2.06. The first-order chi connectivity index (χ1) is 14.4. The van der Waals surface area contributed by atoms with Crippen molar-refractivity contribution < 1.29 is 0 Å². The van der Waals surface area contributed by atoms with E-state index in [2.05, 4.69) is 28.1 Å². The molecule has 3 aromatic heterocycles. The molecule has 0 amide bonds. The fourth-order valence-electron chi connectivity index (χ4n) is 3.51. The molecule has 4 aromatic rings. The van der Waals surface area contributed by atoms with Gasteiger partial charge in [0.05, 0.1) is 39.4 Å². The van der Waals surface area contributed by atoms with Crippen LogP contribution in [0.1, 0.15) is 33.9 Å². The summed E-state index contributed by atoms with van der Waals surface area (Å²) >= 11 is 6.28. The topological polar surface area (TPSA) is 85.2 Å². The Morgan fingerprint density at radius 1 is 1.07 bits per heavy atom. The highest BCUT2D eigenvalue weighted by Crippen LogP contribution is 2.27. The SMILES string of the molecule is Cc1nn(-c2cc(Cc3c(C)c(-c4ccc(C#N)cc4)nn3C)ncn2)c(C)c1Cl. The maximum absolute atomic E-state index is 9.01. The Balaban J connectivity index is 1.67. The minimum atomic E-state index is 0.605. The first-order valence-electron chi connectivity index (χ1n) is 9.45. The largest absolute Gasteiger partial charge is 0.271 e. The Morgan fingerprint density at radius 3 is 2.43 bits per heavy atom. The zero-order valence-corrected chi connectivity index (χ0v) is 17.9. The smallest absolute Gasteiger partial charge is 0.157 e. The zero-order valence-electron chi connectivity index (χ0n) is 17.2. The summed E-state index contributed by atoms with van der Waals surface area (Å²) in [7, 11) is 1.93. The second-order valence-electron chi connectivity index (χ2n) is 7.17. The number of aromatic nitrogens is 6. The van der Waals surface area contributed by atoms with Crippen molar-refractivity contribution in [1.82, 2.24) is 29.5 Å². The second kappa shape index (κ2) is 7.73. The van der Waals surface area contributed by atoms with Gasteiger partial charge >= 0.3 is 0 Å². The number of aryl methyl sites for hydroxylation is 2. The van der Waals surface area contributed by atoms with Crippen LogP contribution < -0.4 is 0 Å². The molecule has 0 radical (unpaired) electrons. The minimum absolute atomic E-state index is 0.605. The lowest BCUT2D eigenvalue weighted by Gasteiger charge is -2.07. The summed E-state index contributed by atoms with van der Waals surface area (Å²) in [5, 5.41) is 18.8. The van der Waals surface area contributed by atoms with Gasteiger partial charge in [-0.15, -0.1) is 0 Å². The highest BCUT2D eigenvalue weighted by atomic mass is 35.5. The first kappa shape index (κ1) is 19.8. The fourth-order valence-corrected chi connectivity index (χ4v) is 3.62. The number of rotatable bonds is 4.